The summed E-state index contributed by atoms with van der Waals surface area (Å²) in [4.78, 5) is 11.8. The number of fused-ring (bicyclic) bond motifs is 1. The summed E-state index contributed by atoms with van der Waals surface area (Å²) in [6.07, 6.45) is 1.58. The highest BCUT2D eigenvalue weighted by atomic mass is 15.0. The van der Waals surface area contributed by atoms with Crippen LogP contribution in [0.4, 0.5) is 5.82 Å². The lowest BCUT2D eigenvalue weighted by molar-refractivity contribution is 0.876. The fraction of sp³-hybridized carbons (Fsp3) is 0.200. The normalized spacial score (nSPS) is 12.5. The van der Waals surface area contributed by atoms with Crippen molar-refractivity contribution in [2.45, 2.75) is 19.9 Å². The molecule has 2 aromatic heterocycles. The van der Waals surface area contributed by atoms with Gasteiger partial charge in [0, 0.05) is 11.7 Å². The van der Waals surface area contributed by atoms with Gasteiger partial charge in [0.15, 0.2) is 0 Å². The lowest BCUT2D eigenvalue weighted by atomic mass is 10.1. The third-order valence-electron chi connectivity index (χ3n) is 3.21. The second-order valence-electron chi connectivity index (χ2n) is 4.71. The van der Waals surface area contributed by atoms with Gasteiger partial charge in [0.2, 0.25) is 0 Å². The molecule has 4 heteroatoms. The number of aromatic amines is 1. The van der Waals surface area contributed by atoms with E-state index in [0.717, 1.165) is 22.5 Å². The Morgan fingerprint density at radius 1 is 1.16 bits per heavy atom. The molecule has 4 nitrogen and oxygen atoms in total. The number of nitrogens with one attached hydrogen (secondary N) is 2. The minimum absolute atomic E-state index is 0.203. The average molecular weight is 252 g/mol. The molecule has 0 aliphatic carbocycles. The van der Waals surface area contributed by atoms with Gasteiger partial charge in [-0.25, -0.2) is 9.97 Å². The van der Waals surface area contributed by atoms with E-state index in [2.05, 4.69) is 45.4 Å². The SMILES string of the molecule is Cc1cc2c(NC(C)c3ccccc3)ncnc2[nH]1. The van der Waals surface area contributed by atoms with Crippen molar-refractivity contribution in [1.29, 1.82) is 0 Å². The van der Waals surface area contributed by atoms with E-state index in [0.29, 0.717) is 0 Å². The van der Waals surface area contributed by atoms with Crippen molar-refractivity contribution in [2.24, 2.45) is 0 Å². The second-order valence-corrected chi connectivity index (χ2v) is 4.71. The molecule has 96 valence electrons. The highest BCUT2D eigenvalue weighted by molar-refractivity contribution is 5.87. The van der Waals surface area contributed by atoms with Crippen LogP contribution in [0.25, 0.3) is 11.0 Å². The fourth-order valence-electron chi connectivity index (χ4n) is 2.22. The van der Waals surface area contributed by atoms with Crippen LogP contribution < -0.4 is 5.32 Å². The maximum Gasteiger partial charge on any atom is 0.143 e. The number of aryl methyl sites for hydroxylation is 1. The van der Waals surface area contributed by atoms with Crippen LogP contribution in [-0.4, -0.2) is 15.0 Å². The van der Waals surface area contributed by atoms with Crippen LogP contribution in [0.3, 0.4) is 0 Å². The number of benzene rings is 1. The molecule has 2 heterocycles. The summed E-state index contributed by atoms with van der Waals surface area (Å²) in [5.74, 6) is 0.866. The first-order valence-corrected chi connectivity index (χ1v) is 6.36. The largest absolute Gasteiger partial charge is 0.363 e. The summed E-state index contributed by atoms with van der Waals surface area (Å²) in [5.41, 5.74) is 3.20. The number of hydrogen-bond donors (Lipinski definition) is 2. The van der Waals surface area contributed by atoms with E-state index in [1.165, 1.54) is 5.56 Å². The molecule has 1 unspecified atom stereocenters. The molecular formula is C15H16N4. The standard InChI is InChI=1S/C15H16N4/c1-10-8-13-14(18-10)16-9-17-15(13)19-11(2)12-6-4-3-5-7-12/h3-9,11H,1-2H3,(H2,16,17,18,19). The molecule has 3 rings (SSSR count). The van der Waals surface area contributed by atoms with Crippen molar-refractivity contribution >= 4 is 16.9 Å². The first-order valence-electron chi connectivity index (χ1n) is 6.36. The molecule has 0 saturated heterocycles. The summed E-state index contributed by atoms with van der Waals surface area (Å²) in [5, 5.41) is 4.47. The van der Waals surface area contributed by atoms with Crippen molar-refractivity contribution in [3.05, 3.63) is 54.0 Å². The first kappa shape index (κ1) is 11.7. The summed E-state index contributed by atoms with van der Waals surface area (Å²) < 4.78 is 0. The predicted molar refractivity (Wildman–Crippen MR) is 77.1 cm³/mol. The molecule has 1 atom stereocenters. The fourth-order valence-corrected chi connectivity index (χ4v) is 2.22. The van der Waals surface area contributed by atoms with Crippen molar-refractivity contribution in [1.82, 2.24) is 15.0 Å². The van der Waals surface area contributed by atoms with Crippen LogP contribution in [0.15, 0.2) is 42.7 Å². The zero-order valence-corrected chi connectivity index (χ0v) is 11.0. The van der Waals surface area contributed by atoms with Crippen LogP contribution in [0, 0.1) is 6.92 Å². The van der Waals surface area contributed by atoms with Gasteiger partial charge in [-0.05, 0) is 25.5 Å². The third kappa shape index (κ3) is 2.29. The number of nitrogens with zero attached hydrogens (tertiary/aromatic N) is 2. The number of anilines is 1. The maximum absolute atomic E-state index is 4.34. The number of hydrogen-bond acceptors (Lipinski definition) is 3. The Morgan fingerprint density at radius 2 is 1.95 bits per heavy atom. The summed E-state index contributed by atoms with van der Waals surface area (Å²) in [6.45, 7) is 4.15. The van der Waals surface area contributed by atoms with Crippen LogP contribution in [-0.2, 0) is 0 Å². The minimum atomic E-state index is 0.203. The molecule has 0 aliphatic rings. The zero-order valence-electron chi connectivity index (χ0n) is 11.0. The lowest BCUT2D eigenvalue weighted by Crippen LogP contribution is -2.08. The number of aromatic nitrogens is 3. The van der Waals surface area contributed by atoms with Crippen molar-refractivity contribution in [2.75, 3.05) is 5.32 Å². The molecule has 0 fully saturated rings. The Morgan fingerprint density at radius 3 is 2.74 bits per heavy atom. The van der Waals surface area contributed by atoms with Crippen molar-refractivity contribution < 1.29 is 0 Å². The zero-order chi connectivity index (χ0) is 13.2. The Bertz CT molecular complexity index is 688. The van der Waals surface area contributed by atoms with Crippen LogP contribution in [0.2, 0.25) is 0 Å². The molecular weight excluding hydrogens is 236 g/mol. The van der Waals surface area contributed by atoms with Crippen molar-refractivity contribution in [3.8, 4) is 0 Å². The molecule has 0 aliphatic heterocycles. The number of rotatable bonds is 3. The first-order chi connectivity index (χ1) is 9.24. The van der Waals surface area contributed by atoms with Gasteiger partial charge in [0.1, 0.15) is 17.8 Å². The smallest absolute Gasteiger partial charge is 0.143 e. The molecule has 0 spiro atoms. The van der Waals surface area contributed by atoms with Gasteiger partial charge in [-0.3, -0.25) is 0 Å². The van der Waals surface area contributed by atoms with E-state index in [1.54, 1.807) is 6.33 Å². The van der Waals surface area contributed by atoms with Gasteiger partial charge < -0.3 is 10.3 Å². The molecule has 0 amide bonds. The number of H-pyrrole nitrogens is 1. The van der Waals surface area contributed by atoms with Crippen molar-refractivity contribution in [3.63, 3.8) is 0 Å². The van der Waals surface area contributed by atoms with Crippen LogP contribution in [0.5, 0.6) is 0 Å². The molecule has 2 N–H and O–H groups in total. The van der Waals surface area contributed by atoms with E-state index >= 15 is 0 Å². The second kappa shape index (κ2) is 4.72. The van der Waals surface area contributed by atoms with Gasteiger partial charge in [-0.15, -0.1) is 0 Å². The molecule has 0 radical (unpaired) electrons. The van der Waals surface area contributed by atoms with Crippen LogP contribution >= 0.6 is 0 Å². The quantitative estimate of drug-likeness (QED) is 0.750. The summed E-state index contributed by atoms with van der Waals surface area (Å²) in [6, 6.07) is 12.6. The Balaban J connectivity index is 1.93. The summed E-state index contributed by atoms with van der Waals surface area (Å²) >= 11 is 0. The molecule has 1 aromatic carbocycles. The Hall–Kier alpha value is -2.36. The highest BCUT2D eigenvalue weighted by Gasteiger charge is 2.10. The van der Waals surface area contributed by atoms with E-state index in [-0.39, 0.29) is 6.04 Å². The predicted octanol–water partition coefficient (Wildman–Crippen LogP) is 3.44. The van der Waals surface area contributed by atoms with E-state index in [9.17, 15) is 0 Å². The molecule has 3 aromatic rings. The Kier molecular flexibility index (Phi) is 2.91. The highest BCUT2D eigenvalue weighted by Crippen LogP contribution is 2.24. The van der Waals surface area contributed by atoms with Gasteiger partial charge in [-0.2, -0.15) is 0 Å². The molecule has 0 bridgehead atoms. The van der Waals surface area contributed by atoms with E-state index < -0.39 is 0 Å². The monoisotopic (exact) mass is 252 g/mol. The van der Waals surface area contributed by atoms with Gasteiger partial charge in [-0.1, -0.05) is 30.3 Å². The van der Waals surface area contributed by atoms with E-state index in [1.807, 2.05) is 25.1 Å². The van der Waals surface area contributed by atoms with Gasteiger partial charge >= 0.3 is 0 Å². The third-order valence-corrected chi connectivity index (χ3v) is 3.21. The minimum Gasteiger partial charge on any atom is -0.363 e. The van der Waals surface area contributed by atoms with E-state index in [4.69, 9.17) is 0 Å². The maximum atomic E-state index is 4.34. The molecule has 0 saturated carbocycles. The lowest BCUT2D eigenvalue weighted by Gasteiger charge is -2.15. The average Bonchev–Trinajstić information content (AvgIpc) is 2.81. The van der Waals surface area contributed by atoms with Crippen LogP contribution in [0.1, 0.15) is 24.2 Å². The van der Waals surface area contributed by atoms with Gasteiger partial charge in [0.05, 0.1) is 5.39 Å². The summed E-state index contributed by atoms with van der Waals surface area (Å²) in [7, 11) is 0. The Labute approximate surface area is 111 Å². The van der Waals surface area contributed by atoms with Gasteiger partial charge in [0.25, 0.3) is 0 Å². The molecule has 19 heavy (non-hydrogen) atoms. The topological polar surface area (TPSA) is 53.6 Å².